The van der Waals surface area contributed by atoms with E-state index >= 15 is 0 Å². The fourth-order valence-electron chi connectivity index (χ4n) is 2.70. The smallest absolute Gasteiger partial charge is 0.266 e. The Morgan fingerprint density at radius 2 is 1.42 bits per heavy atom. The Bertz CT molecular complexity index is 920. The van der Waals surface area contributed by atoms with E-state index in [-0.39, 0.29) is 25.9 Å². The summed E-state index contributed by atoms with van der Waals surface area (Å²) in [5, 5.41) is 1.22. The Hall–Kier alpha value is -2.83. The Morgan fingerprint density at radius 3 is 2.21 bits per heavy atom. The Balaban J connectivity index is 2.07. The van der Waals surface area contributed by atoms with Gasteiger partial charge >= 0.3 is 0 Å². The van der Waals surface area contributed by atoms with E-state index in [1.54, 1.807) is 6.07 Å². The first kappa shape index (κ1) is 14.7. The van der Waals surface area contributed by atoms with Crippen molar-refractivity contribution in [2.45, 2.75) is 0 Å². The molecule has 1 aromatic heterocycles. The molecule has 3 aromatic rings. The van der Waals surface area contributed by atoms with Gasteiger partial charge in [0, 0.05) is 5.39 Å². The minimum atomic E-state index is -0.181. The molecule has 2 heterocycles. The first-order chi connectivity index (χ1) is 11.9. The maximum atomic E-state index is 13.0. The summed E-state index contributed by atoms with van der Waals surface area (Å²) in [4.78, 5) is 13.0. The number of hydrogen-bond acceptors (Lipinski definition) is 5. The molecule has 0 aliphatic carbocycles. The van der Waals surface area contributed by atoms with Crippen molar-refractivity contribution < 1.29 is 18.9 Å². The third-order valence-corrected chi connectivity index (χ3v) is 3.75. The van der Waals surface area contributed by atoms with E-state index in [9.17, 15) is 4.79 Å². The van der Waals surface area contributed by atoms with Crippen molar-refractivity contribution in [2.75, 3.05) is 20.4 Å². The minimum absolute atomic E-state index is 0.00729. The molecule has 6 heteroatoms. The number of pyridine rings is 1. The van der Waals surface area contributed by atoms with Crippen molar-refractivity contribution in [3.05, 3.63) is 65.0 Å². The summed E-state index contributed by atoms with van der Waals surface area (Å²) in [5.41, 5.74) is 0.507. The fourth-order valence-corrected chi connectivity index (χ4v) is 2.70. The summed E-state index contributed by atoms with van der Waals surface area (Å²) >= 11 is 0. The predicted molar refractivity (Wildman–Crippen MR) is 87.6 cm³/mol. The van der Waals surface area contributed by atoms with Crippen molar-refractivity contribution in [3.8, 4) is 17.3 Å². The third-order valence-electron chi connectivity index (χ3n) is 3.75. The van der Waals surface area contributed by atoms with Gasteiger partial charge in [-0.3, -0.25) is 4.79 Å². The molecule has 0 spiro atoms. The average Bonchev–Trinajstić information content (AvgIpc) is 2.75. The standard InChI is InChI=1S/C18H15NO5/c20-17-15-9-5-4-8-14(15)16-18(24-12-22-10-21-11-23-16)19(17)13-6-2-1-3-7-13/h1-9H,10-12H2. The predicted octanol–water partition coefficient (Wildman–Crippen LogP) is 2.67. The number of ether oxygens (including phenoxy) is 4. The molecule has 0 saturated heterocycles. The van der Waals surface area contributed by atoms with E-state index < -0.39 is 0 Å². The maximum absolute atomic E-state index is 13.0. The van der Waals surface area contributed by atoms with Crippen LogP contribution in [-0.2, 0) is 9.47 Å². The molecule has 0 radical (unpaired) electrons. The summed E-state index contributed by atoms with van der Waals surface area (Å²) in [6.07, 6.45) is 0. The average molecular weight is 325 g/mol. The minimum Gasteiger partial charge on any atom is -0.461 e. The highest BCUT2D eigenvalue weighted by Crippen LogP contribution is 2.35. The van der Waals surface area contributed by atoms with Gasteiger partial charge in [0.1, 0.15) is 0 Å². The van der Waals surface area contributed by atoms with Crippen LogP contribution < -0.4 is 15.0 Å². The highest BCUT2D eigenvalue weighted by Gasteiger charge is 2.21. The monoisotopic (exact) mass is 325 g/mol. The van der Waals surface area contributed by atoms with Crippen molar-refractivity contribution in [3.63, 3.8) is 0 Å². The number of rotatable bonds is 1. The van der Waals surface area contributed by atoms with E-state index in [1.165, 1.54) is 4.57 Å². The number of hydrogen-bond donors (Lipinski definition) is 0. The van der Waals surface area contributed by atoms with E-state index in [0.717, 1.165) is 0 Å². The number of fused-ring (bicyclic) bond motifs is 3. The normalized spacial score (nSPS) is 14.7. The maximum Gasteiger partial charge on any atom is 0.266 e. The summed E-state index contributed by atoms with van der Waals surface area (Å²) in [6.45, 7) is 0.0236. The van der Waals surface area contributed by atoms with Crippen LogP contribution in [0.4, 0.5) is 0 Å². The number of benzene rings is 2. The van der Waals surface area contributed by atoms with Crippen LogP contribution >= 0.6 is 0 Å². The zero-order valence-corrected chi connectivity index (χ0v) is 12.8. The molecule has 0 bridgehead atoms. The van der Waals surface area contributed by atoms with Gasteiger partial charge in [-0.25, -0.2) is 4.57 Å². The first-order valence-corrected chi connectivity index (χ1v) is 7.50. The summed E-state index contributed by atoms with van der Waals surface area (Å²) < 4.78 is 23.4. The number of aromatic nitrogens is 1. The van der Waals surface area contributed by atoms with Gasteiger partial charge in [-0.15, -0.1) is 0 Å². The zero-order valence-electron chi connectivity index (χ0n) is 12.8. The second-order valence-corrected chi connectivity index (χ2v) is 5.21. The Labute approximate surface area is 137 Å². The molecule has 0 amide bonds. The van der Waals surface area contributed by atoms with E-state index in [4.69, 9.17) is 18.9 Å². The molecule has 6 nitrogen and oxygen atoms in total. The Kier molecular flexibility index (Phi) is 3.90. The van der Waals surface area contributed by atoms with Gasteiger partial charge in [0.25, 0.3) is 5.56 Å². The largest absolute Gasteiger partial charge is 0.461 e. The van der Waals surface area contributed by atoms with Crippen LogP contribution in [0.25, 0.3) is 16.5 Å². The van der Waals surface area contributed by atoms with Gasteiger partial charge in [-0.1, -0.05) is 36.4 Å². The van der Waals surface area contributed by atoms with E-state index in [1.807, 2.05) is 48.5 Å². The molecule has 0 N–H and O–H groups in total. The lowest BCUT2D eigenvalue weighted by atomic mass is 10.1. The van der Waals surface area contributed by atoms with Crippen LogP contribution in [0.1, 0.15) is 0 Å². The van der Waals surface area contributed by atoms with Crippen LogP contribution in [0.5, 0.6) is 11.6 Å². The highest BCUT2D eigenvalue weighted by atomic mass is 16.8. The van der Waals surface area contributed by atoms with Gasteiger partial charge in [0.05, 0.1) is 11.1 Å². The molecule has 1 aliphatic heterocycles. The molecule has 24 heavy (non-hydrogen) atoms. The summed E-state index contributed by atoms with van der Waals surface area (Å²) in [7, 11) is 0. The summed E-state index contributed by atoms with van der Waals surface area (Å²) in [6, 6.07) is 16.5. The molecule has 0 unspecified atom stereocenters. The lowest BCUT2D eigenvalue weighted by Gasteiger charge is -2.18. The SMILES string of the molecule is O=c1c2ccccc2c2c(n1-c1ccccc1)OCOCOCO2. The number of para-hydroxylation sites is 1. The van der Waals surface area contributed by atoms with Crippen molar-refractivity contribution in [1.29, 1.82) is 0 Å². The molecule has 0 atom stereocenters. The molecule has 4 rings (SSSR count). The number of nitrogens with zero attached hydrogens (tertiary/aromatic N) is 1. The highest BCUT2D eigenvalue weighted by molar-refractivity contribution is 5.89. The second kappa shape index (κ2) is 6.35. The molecular weight excluding hydrogens is 310 g/mol. The molecular formula is C18H15NO5. The van der Waals surface area contributed by atoms with Gasteiger partial charge in [-0.05, 0) is 18.2 Å². The van der Waals surface area contributed by atoms with Crippen LogP contribution in [0, 0.1) is 0 Å². The van der Waals surface area contributed by atoms with E-state index in [2.05, 4.69) is 0 Å². The van der Waals surface area contributed by atoms with Crippen LogP contribution in [0.15, 0.2) is 59.4 Å². The summed E-state index contributed by atoms with van der Waals surface area (Å²) in [5.74, 6) is 0.759. The van der Waals surface area contributed by atoms with Crippen LogP contribution in [-0.4, -0.2) is 24.9 Å². The fraction of sp³-hybridized carbons (Fsp3) is 0.167. The van der Waals surface area contributed by atoms with Gasteiger partial charge < -0.3 is 18.9 Å². The molecule has 1 aliphatic rings. The van der Waals surface area contributed by atoms with Crippen LogP contribution in [0.3, 0.4) is 0 Å². The van der Waals surface area contributed by atoms with Crippen molar-refractivity contribution in [1.82, 2.24) is 4.57 Å². The topological polar surface area (TPSA) is 58.9 Å². The van der Waals surface area contributed by atoms with Gasteiger partial charge in [0.15, 0.2) is 26.1 Å². The zero-order chi connectivity index (χ0) is 16.4. The molecule has 122 valence electrons. The van der Waals surface area contributed by atoms with Crippen molar-refractivity contribution >= 4 is 10.8 Å². The quantitative estimate of drug-likeness (QED) is 0.688. The third kappa shape index (κ3) is 2.51. The molecule has 0 fully saturated rings. The van der Waals surface area contributed by atoms with Gasteiger partial charge in [0.2, 0.25) is 5.88 Å². The second-order valence-electron chi connectivity index (χ2n) is 5.21. The lowest BCUT2D eigenvalue weighted by molar-refractivity contribution is -0.122. The van der Waals surface area contributed by atoms with E-state index in [0.29, 0.717) is 28.1 Å². The van der Waals surface area contributed by atoms with Crippen molar-refractivity contribution in [2.24, 2.45) is 0 Å². The lowest BCUT2D eigenvalue weighted by Crippen LogP contribution is -2.22. The molecule has 2 aromatic carbocycles. The Morgan fingerprint density at radius 1 is 0.750 bits per heavy atom. The molecule has 0 saturated carbocycles. The van der Waals surface area contributed by atoms with Crippen LogP contribution in [0.2, 0.25) is 0 Å². The van der Waals surface area contributed by atoms with Gasteiger partial charge in [-0.2, -0.15) is 0 Å². The first-order valence-electron chi connectivity index (χ1n) is 7.50.